The molecule has 1 aromatic carbocycles. The van der Waals surface area contributed by atoms with Crippen LogP contribution < -0.4 is 0 Å². The second-order valence-corrected chi connectivity index (χ2v) is 3.82. The maximum atomic E-state index is 11.0. The second kappa shape index (κ2) is 2.59. The molecule has 0 aromatic heterocycles. The molecule has 1 aliphatic carbocycles. The van der Waals surface area contributed by atoms with Gasteiger partial charge >= 0.3 is 0 Å². The van der Waals surface area contributed by atoms with Gasteiger partial charge in [0.1, 0.15) is 0 Å². The van der Waals surface area contributed by atoms with Crippen molar-refractivity contribution in [2.75, 3.05) is 0 Å². The van der Waals surface area contributed by atoms with Gasteiger partial charge in [-0.3, -0.25) is 4.79 Å². The van der Waals surface area contributed by atoms with Crippen LogP contribution in [0.4, 0.5) is 0 Å². The molecule has 1 unspecified atom stereocenters. The molecule has 0 radical (unpaired) electrons. The fraction of sp³-hybridized carbons (Fsp3) is 0.222. The normalized spacial score (nSPS) is 20.3. The van der Waals surface area contributed by atoms with Crippen LogP contribution in [0.3, 0.4) is 0 Å². The van der Waals surface area contributed by atoms with Crippen molar-refractivity contribution in [3.63, 3.8) is 0 Å². The number of rotatable bonds is 1. The quantitative estimate of drug-likeness (QED) is 0.558. The molecule has 0 spiro atoms. The number of carbonyl (C=O) groups is 1. The second-order valence-electron chi connectivity index (χ2n) is 2.76. The smallest absolute Gasteiger partial charge is 0.200 e. The highest BCUT2D eigenvalue weighted by Gasteiger charge is 2.29. The molecule has 0 heterocycles. The maximum Gasteiger partial charge on any atom is 0.200 e. The van der Waals surface area contributed by atoms with Crippen molar-refractivity contribution in [2.45, 2.75) is 12.3 Å². The van der Waals surface area contributed by atoms with Gasteiger partial charge in [-0.1, -0.05) is 24.3 Å². The van der Waals surface area contributed by atoms with Crippen molar-refractivity contribution in [3.8, 4) is 0 Å². The van der Waals surface area contributed by atoms with Gasteiger partial charge in [-0.05, 0) is 17.5 Å². The lowest BCUT2D eigenvalue weighted by Crippen LogP contribution is -2.21. The Balaban J connectivity index is 2.36. The first-order chi connectivity index (χ1) is 5.29. The van der Waals surface area contributed by atoms with E-state index in [4.69, 9.17) is 0 Å². The zero-order valence-corrected chi connectivity index (χ0v) is 8.04. The molecule has 1 aliphatic rings. The van der Waals surface area contributed by atoms with Crippen LogP contribution in [0.2, 0.25) is 0 Å². The molecule has 0 saturated heterocycles. The van der Waals surface area contributed by atoms with E-state index in [0.29, 0.717) is 0 Å². The summed E-state index contributed by atoms with van der Waals surface area (Å²) in [7, 11) is 0. The summed E-state index contributed by atoms with van der Waals surface area (Å²) in [6, 6.07) is 8.14. The molecule has 2 rings (SSSR count). The van der Waals surface area contributed by atoms with Crippen LogP contribution in [0.5, 0.6) is 0 Å². The molecule has 0 N–H and O–H groups in total. The first kappa shape index (κ1) is 7.28. The van der Waals surface area contributed by atoms with Crippen LogP contribution in [-0.2, 0) is 11.2 Å². The topological polar surface area (TPSA) is 17.1 Å². The third-order valence-electron chi connectivity index (χ3n) is 2.13. The highest BCUT2D eigenvalue weighted by Crippen LogP contribution is 2.36. The van der Waals surface area contributed by atoms with Gasteiger partial charge in [-0.2, -0.15) is 0 Å². The Hall–Kier alpha value is -0.380. The van der Waals surface area contributed by atoms with E-state index in [2.05, 4.69) is 6.07 Å². The van der Waals surface area contributed by atoms with Gasteiger partial charge in [-0.25, -0.2) is 0 Å². The number of fused-ring (bicyclic) bond motifs is 1. The lowest BCUT2D eigenvalue weighted by Gasteiger charge is -2.26. The summed E-state index contributed by atoms with van der Waals surface area (Å²) in [5, 5.41) is 0. The van der Waals surface area contributed by atoms with E-state index in [0.717, 1.165) is 6.42 Å². The van der Waals surface area contributed by atoms with Gasteiger partial charge in [0.15, 0.2) is 3.79 Å². The minimum absolute atomic E-state index is 0.187. The van der Waals surface area contributed by atoms with Crippen LogP contribution in [0.25, 0.3) is 0 Å². The van der Waals surface area contributed by atoms with E-state index in [1.807, 2.05) is 40.8 Å². The minimum Gasteiger partial charge on any atom is -0.287 e. The molecule has 11 heavy (non-hydrogen) atoms. The fourth-order valence-corrected chi connectivity index (χ4v) is 2.02. The maximum absolute atomic E-state index is 11.0. The Morgan fingerprint density at radius 1 is 1.45 bits per heavy atom. The van der Waals surface area contributed by atoms with Crippen molar-refractivity contribution in [1.82, 2.24) is 0 Å². The van der Waals surface area contributed by atoms with Gasteiger partial charge < -0.3 is 0 Å². The van der Waals surface area contributed by atoms with Gasteiger partial charge in [-0.15, -0.1) is 0 Å². The molecule has 0 fully saturated rings. The summed E-state index contributed by atoms with van der Waals surface area (Å²) < 4.78 is 0.265. The summed E-state index contributed by atoms with van der Waals surface area (Å²) in [6.45, 7) is 0. The average Bonchev–Trinajstić information content (AvgIpc) is 1.90. The minimum atomic E-state index is 0.187. The van der Waals surface area contributed by atoms with Crippen LogP contribution in [-0.4, -0.2) is 3.79 Å². The highest BCUT2D eigenvalue weighted by atomic mass is 127. The van der Waals surface area contributed by atoms with E-state index in [1.54, 1.807) is 0 Å². The zero-order chi connectivity index (χ0) is 7.84. The largest absolute Gasteiger partial charge is 0.287 e. The van der Waals surface area contributed by atoms with Crippen molar-refractivity contribution >= 4 is 26.4 Å². The van der Waals surface area contributed by atoms with E-state index in [1.165, 1.54) is 11.1 Å². The first-order valence-corrected chi connectivity index (χ1v) is 4.64. The Labute approximate surface area is 78.9 Å². The van der Waals surface area contributed by atoms with E-state index >= 15 is 0 Å². The van der Waals surface area contributed by atoms with Gasteiger partial charge in [0, 0.05) is 22.6 Å². The van der Waals surface area contributed by atoms with E-state index in [-0.39, 0.29) is 9.71 Å². The molecule has 0 amide bonds. The van der Waals surface area contributed by atoms with Crippen LogP contribution >= 0.6 is 22.6 Å². The molecule has 1 nitrogen and oxygen atoms in total. The number of benzene rings is 1. The van der Waals surface area contributed by atoms with E-state index < -0.39 is 0 Å². The Bertz CT molecular complexity index is 306. The van der Waals surface area contributed by atoms with Crippen LogP contribution in [0, 0.1) is 0 Å². The third-order valence-corrected chi connectivity index (χ3v) is 2.88. The van der Waals surface area contributed by atoms with Crippen molar-refractivity contribution in [1.29, 1.82) is 0 Å². The summed E-state index contributed by atoms with van der Waals surface area (Å²) in [5.74, 6) is 0.187. The van der Waals surface area contributed by atoms with Crippen molar-refractivity contribution < 1.29 is 4.79 Å². The average molecular weight is 258 g/mol. The molecule has 2 heteroatoms. The molecule has 1 atom stereocenters. The van der Waals surface area contributed by atoms with Crippen molar-refractivity contribution in [3.05, 3.63) is 35.4 Å². The lowest BCUT2D eigenvalue weighted by atomic mass is 9.79. The number of carbonyl (C=O) groups excluding carboxylic acids is 1. The number of halogens is 1. The van der Waals surface area contributed by atoms with Crippen molar-refractivity contribution in [2.24, 2.45) is 0 Å². The standard InChI is InChI=1S/C9H7IO/c10-9(11)8-5-6-3-1-2-4-7(6)8/h1-4,8H,5H2. The Morgan fingerprint density at radius 2 is 2.18 bits per heavy atom. The Morgan fingerprint density at radius 3 is 2.82 bits per heavy atom. The summed E-state index contributed by atoms with van der Waals surface area (Å²) >= 11 is 1.88. The van der Waals surface area contributed by atoms with Gasteiger partial charge in [0.25, 0.3) is 0 Å². The molecular formula is C9H7IO. The molecule has 1 aromatic rings. The molecule has 0 bridgehead atoms. The number of hydrogen-bond donors (Lipinski definition) is 0. The number of hydrogen-bond acceptors (Lipinski definition) is 1. The highest BCUT2D eigenvalue weighted by molar-refractivity contribution is 14.1. The third kappa shape index (κ3) is 1.09. The SMILES string of the molecule is O=C(I)C1Cc2ccccc21. The zero-order valence-electron chi connectivity index (χ0n) is 5.88. The fourth-order valence-electron chi connectivity index (χ4n) is 1.46. The van der Waals surface area contributed by atoms with Crippen LogP contribution in [0.1, 0.15) is 17.0 Å². The molecular weight excluding hydrogens is 251 g/mol. The lowest BCUT2D eigenvalue weighted by molar-refractivity contribution is -0.111. The molecule has 0 aliphatic heterocycles. The molecule has 56 valence electrons. The monoisotopic (exact) mass is 258 g/mol. The Kier molecular flexibility index (Phi) is 1.71. The molecule has 0 saturated carbocycles. The predicted molar refractivity (Wildman–Crippen MR) is 51.9 cm³/mol. The predicted octanol–water partition coefficient (Wildman–Crippen LogP) is 2.29. The summed E-state index contributed by atoms with van der Waals surface area (Å²) in [6.07, 6.45) is 0.942. The van der Waals surface area contributed by atoms with E-state index in [9.17, 15) is 4.79 Å². The van der Waals surface area contributed by atoms with Gasteiger partial charge in [0.05, 0.1) is 5.92 Å². The first-order valence-electron chi connectivity index (χ1n) is 3.56. The summed E-state index contributed by atoms with van der Waals surface area (Å²) in [5.41, 5.74) is 2.56. The summed E-state index contributed by atoms with van der Waals surface area (Å²) in [4.78, 5) is 11.0. The van der Waals surface area contributed by atoms with Crippen LogP contribution in [0.15, 0.2) is 24.3 Å². The van der Waals surface area contributed by atoms with Gasteiger partial charge in [0.2, 0.25) is 0 Å².